The van der Waals surface area contributed by atoms with Crippen molar-refractivity contribution in [1.82, 2.24) is 0 Å². The van der Waals surface area contributed by atoms with Gasteiger partial charge in [-0.3, -0.25) is 4.79 Å². The zero-order chi connectivity index (χ0) is 22.2. The third-order valence-corrected chi connectivity index (χ3v) is 5.78. The van der Waals surface area contributed by atoms with Gasteiger partial charge in [-0.1, -0.05) is 28.1 Å². The highest BCUT2D eigenvalue weighted by Crippen LogP contribution is 2.40. The summed E-state index contributed by atoms with van der Waals surface area (Å²) < 4.78 is 37.3. The van der Waals surface area contributed by atoms with Gasteiger partial charge in [0.25, 0.3) is 0 Å². The van der Waals surface area contributed by atoms with Crippen LogP contribution in [0.4, 0.5) is 4.39 Å². The molecule has 0 saturated heterocycles. The molecule has 0 atom stereocenters. The fourth-order valence-electron chi connectivity index (χ4n) is 3.79. The number of halogens is 2. The molecule has 2 aliphatic rings. The Labute approximate surface area is 192 Å². The largest absolute Gasteiger partial charge is 0.488 e. The minimum atomic E-state index is -0.376. The zero-order valence-electron chi connectivity index (χ0n) is 17.1. The Morgan fingerprint density at radius 3 is 2.88 bits per heavy atom. The number of hydrogen-bond donors (Lipinski definition) is 0. The van der Waals surface area contributed by atoms with Crippen molar-refractivity contribution in [2.45, 2.75) is 20.1 Å². The number of carbonyl (C=O) groups is 1. The summed E-state index contributed by atoms with van der Waals surface area (Å²) in [4.78, 5) is 12.8. The number of hydrogen-bond acceptors (Lipinski definition) is 5. The first-order valence-electron chi connectivity index (χ1n) is 9.97. The summed E-state index contributed by atoms with van der Waals surface area (Å²) in [6, 6.07) is 13.4. The fraction of sp³-hybridized carbons (Fsp3) is 0.160. The lowest BCUT2D eigenvalue weighted by molar-refractivity contribution is -0.0176. The van der Waals surface area contributed by atoms with Crippen LogP contribution in [0, 0.1) is 12.7 Å². The highest BCUT2D eigenvalue weighted by molar-refractivity contribution is 9.10. The number of benzene rings is 3. The van der Waals surface area contributed by atoms with Crippen LogP contribution in [-0.2, 0) is 18.0 Å². The Bertz CT molecular complexity index is 1270. The molecule has 3 aromatic carbocycles. The van der Waals surface area contributed by atoms with E-state index in [1.165, 1.54) is 12.1 Å². The van der Waals surface area contributed by atoms with Crippen molar-refractivity contribution in [3.8, 4) is 17.2 Å². The first-order valence-corrected chi connectivity index (χ1v) is 10.8. The molecule has 5 nitrogen and oxygen atoms in total. The van der Waals surface area contributed by atoms with Crippen LogP contribution in [0.2, 0.25) is 0 Å². The maximum absolute atomic E-state index is 13.5. The molecule has 2 aliphatic heterocycles. The Morgan fingerprint density at radius 1 is 1.16 bits per heavy atom. The third kappa shape index (κ3) is 3.89. The van der Waals surface area contributed by atoms with Crippen LogP contribution in [0.3, 0.4) is 0 Å². The van der Waals surface area contributed by atoms with E-state index in [1.54, 1.807) is 30.3 Å². The SMILES string of the molecule is Cc1c(OCc2cc(Br)cc3c2OCOC3)ccc2c1O/C(=C\c1cccc(F)c1)C2=O. The molecule has 0 aromatic heterocycles. The number of rotatable bonds is 4. The first kappa shape index (κ1) is 20.7. The minimum Gasteiger partial charge on any atom is -0.488 e. The van der Waals surface area contributed by atoms with Gasteiger partial charge in [0.05, 0.1) is 12.2 Å². The standard InChI is InChI=1S/C25H18BrFO5/c1-14-21(30-12-17-10-18(26)9-16-11-29-13-31-25(16)17)6-5-20-23(28)22(32-24(14)20)8-15-3-2-4-19(27)7-15/h2-10H,11-13H2,1H3/b22-8-. The third-order valence-electron chi connectivity index (χ3n) is 5.32. The van der Waals surface area contributed by atoms with E-state index in [-0.39, 0.29) is 30.8 Å². The lowest BCUT2D eigenvalue weighted by atomic mass is 10.1. The zero-order valence-corrected chi connectivity index (χ0v) is 18.7. The molecule has 0 fully saturated rings. The van der Waals surface area contributed by atoms with Gasteiger partial charge in [0.1, 0.15) is 29.7 Å². The van der Waals surface area contributed by atoms with Gasteiger partial charge in [0, 0.05) is 21.2 Å². The lowest BCUT2D eigenvalue weighted by Crippen LogP contribution is -2.14. The van der Waals surface area contributed by atoms with Crippen molar-refractivity contribution < 1.29 is 28.1 Å². The number of allylic oxidation sites excluding steroid dienone is 1. The monoisotopic (exact) mass is 496 g/mol. The maximum Gasteiger partial charge on any atom is 0.231 e. The Hall–Kier alpha value is -3.16. The highest BCUT2D eigenvalue weighted by Gasteiger charge is 2.30. The molecule has 0 spiro atoms. The molecule has 32 heavy (non-hydrogen) atoms. The van der Waals surface area contributed by atoms with Gasteiger partial charge >= 0.3 is 0 Å². The Morgan fingerprint density at radius 2 is 2.03 bits per heavy atom. The quantitative estimate of drug-likeness (QED) is 0.417. The van der Waals surface area contributed by atoms with Gasteiger partial charge in [-0.05, 0) is 55.0 Å². The summed E-state index contributed by atoms with van der Waals surface area (Å²) in [6.45, 7) is 2.81. The summed E-state index contributed by atoms with van der Waals surface area (Å²) in [5.74, 6) is 1.36. The molecular weight excluding hydrogens is 479 g/mol. The molecule has 0 amide bonds. The van der Waals surface area contributed by atoms with Crippen LogP contribution < -0.4 is 14.2 Å². The molecule has 0 bridgehead atoms. The Kier molecular flexibility index (Phi) is 5.45. The van der Waals surface area contributed by atoms with E-state index < -0.39 is 0 Å². The van der Waals surface area contributed by atoms with E-state index in [0.29, 0.717) is 34.8 Å². The van der Waals surface area contributed by atoms with Crippen molar-refractivity contribution in [1.29, 1.82) is 0 Å². The second kappa shape index (κ2) is 8.41. The van der Waals surface area contributed by atoms with E-state index in [9.17, 15) is 9.18 Å². The predicted molar refractivity (Wildman–Crippen MR) is 119 cm³/mol. The van der Waals surface area contributed by atoms with Crippen LogP contribution in [0.25, 0.3) is 6.08 Å². The fourth-order valence-corrected chi connectivity index (χ4v) is 4.34. The maximum atomic E-state index is 13.5. The van der Waals surface area contributed by atoms with Gasteiger partial charge in [0.15, 0.2) is 12.6 Å². The van der Waals surface area contributed by atoms with Crippen LogP contribution in [0.5, 0.6) is 17.2 Å². The Balaban J connectivity index is 1.40. The van der Waals surface area contributed by atoms with E-state index in [1.807, 2.05) is 19.1 Å². The summed E-state index contributed by atoms with van der Waals surface area (Å²) in [5, 5.41) is 0. The number of ketones is 1. The lowest BCUT2D eigenvalue weighted by Gasteiger charge is -2.21. The van der Waals surface area contributed by atoms with E-state index >= 15 is 0 Å². The van der Waals surface area contributed by atoms with Crippen molar-refractivity contribution >= 4 is 27.8 Å². The molecule has 7 heteroatoms. The smallest absolute Gasteiger partial charge is 0.231 e. The average molecular weight is 497 g/mol. The minimum absolute atomic E-state index is 0.153. The molecule has 2 heterocycles. The van der Waals surface area contributed by atoms with Crippen LogP contribution >= 0.6 is 15.9 Å². The molecule has 5 rings (SSSR count). The second-order valence-corrected chi connectivity index (χ2v) is 8.43. The van der Waals surface area contributed by atoms with E-state index in [2.05, 4.69) is 15.9 Å². The number of Topliss-reactive ketones (excluding diaryl/α,β-unsaturated/α-hetero) is 1. The normalized spacial score (nSPS) is 15.7. The topological polar surface area (TPSA) is 54.0 Å². The van der Waals surface area contributed by atoms with Gasteiger partial charge in [-0.2, -0.15) is 0 Å². The van der Waals surface area contributed by atoms with Crippen molar-refractivity contribution in [2.24, 2.45) is 0 Å². The highest BCUT2D eigenvalue weighted by atomic mass is 79.9. The molecule has 0 N–H and O–H groups in total. The summed E-state index contributed by atoms with van der Waals surface area (Å²) in [6.07, 6.45) is 1.54. The average Bonchev–Trinajstić information content (AvgIpc) is 3.09. The molecule has 0 unspecified atom stereocenters. The van der Waals surface area contributed by atoms with Crippen molar-refractivity contribution in [3.05, 3.63) is 92.4 Å². The van der Waals surface area contributed by atoms with Crippen molar-refractivity contribution in [3.63, 3.8) is 0 Å². The van der Waals surface area contributed by atoms with Crippen LogP contribution in [-0.4, -0.2) is 12.6 Å². The number of carbonyl (C=O) groups excluding carboxylic acids is 1. The van der Waals surface area contributed by atoms with Gasteiger partial charge in [-0.15, -0.1) is 0 Å². The summed E-state index contributed by atoms with van der Waals surface area (Å²) in [5.41, 5.74) is 3.57. The summed E-state index contributed by atoms with van der Waals surface area (Å²) in [7, 11) is 0. The number of fused-ring (bicyclic) bond motifs is 2. The molecule has 0 aliphatic carbocycles. The molecule has 162 valence electrons. The van der Waals surface area contributed by atoms with E-state index in [4.69, 9.17) is 18.9 Å². The number of ether oxygens (including phenoxy) is 4. The molecule has 0 radical (unpaired) electrons. The molecule has 0 saturated carbocycles. The van der Waals surface area contributed by atoms with E-state index in [0.717, 1.165) is 21.3 Å². The second-order valence-electron chi connectivity index (χ2n) is 7.51. The van der Waals surface area contributed by atoms with Crippen LogP contribution in [0.15, 0.2) is 58.8 Å². The van der Waals surface area contributed by atoms with Crippen LogP contribution in [0.1, 0.15) is 32.6 Å². The van der Waals surface area contributed by atoms with Gasteiger partial charge in [0.2, 0.25) is 5.78 Å². The predicted octanol–water partition coefficient (Wildman–Crippen LogP) is 5.96. The molecule has 3 aromatic rings. The van der Waals surface area contributed by atoms with Gasteiger partial charge < -0.3 is 18.9 Å². The molecular formula is C25H18BrFO5. The van der Waals surface area contributed by atoms with Gasteiger partial charge in [-0.25, -0.2) is 4.39 Å². The first-order chi connectivity index (χ1) is 15.5. The summed E-state index contributed by atoms with van der Waals surface area (Å²) >= 11 is 3.51. The van der Waals surface area contributed by atoms with Crippen molar-refractivity contribution in [2.75, 3.05) is 6.79 Å².